The predicted molar refractivity (Wildman–Crippen MR) is 107 cm³/mol. The normalized spacial score (nSPS) is 25.0. The zero-order valence-corrected chi connectivity index (χ0v) is 17.1. The number of carbonyl (C=O) groups is 2. The summed E-state index contributed by atoms with van der Waals surface area (Å²) in [5, 5.41) is 9.58. The number of carboxylic acid groups (broad SMARTS) is 1. The Kier molecular flexibility index (Phi) is 6.05. The van der Waals surface area contributed by atoms with Crippen molar-refractivity contribution in [3.63, 3.8) is 0 Å². The van der Waals surface area contributed by atoms with Gasteiger partial charge in [-0.3, -0.25) is 9.59 Å². The van der Waals surface area contributed by atoms with E-state index >= 15 is 0 Å². The highest BCUT2D eigenvalue weighted by Gasteiger charge is 2.49. The van der Waals surface area contributed by atoms with Crippen LogP contribution in [0.15, 0.2) is 23.2 Å². The molecule has 3 rings (SSSR count). The summed E-state index contributed by atoms with van der Waals surface area (Å²) in [5.41, 5.74) is 0.537. The second kappa shape index (κ2) is 7.98. The van der Waals surface area contributed by atoms with Crippen molar-refractivity contribution in [2.45, 2.75) is 30.6 Å². The first-order chi connectivity index (χ1) is 12.7. The van der Waals surface area contributed by atoms with Crippen molar-refractivity contribution in [1.29, 1.82) is 0 Å². The smallest absolute Gasteiger partial charge is 0.303 e. The summed E-state index contributed by atoms with van der Waals surface area (Å²) < 4.78 is 24.1. The lowest BCUT2D eigenvalue weighted by Gasteiger charge is -2.25. The third kappa shape index (κ3) is 4.77. The number of thioether (sulfide) groups is 1. The van der Waals surface area contributed by atoms with Gasteiger partial charge in [0, 0.05) is 23.1 Å². The van der Waals surface area contributed by atoms with Crippen molar-refractivity contribution in [2.24, 2.45) is 4.99 Å². The highest BCUT2D eigenvalue weighted by molar-refractivity contribution is 8.16. The van der Waals surface area contributed by atoms with Crippen molar-refractivity contribution in [3.8, 4) is 0 Å². The molecule has 1 aromatic carbocycles. The molecule has 2 aliphatic rings. The summed E-state index contributed by atoms with van der Waals surface area (Å²) in [6.45, 7) is 0. The zero-order valence-electron chi connectivity index (χ0n) is 14.0. The Bertz CT molecular complexity index is 919. The van der Waals surface area contributed by atoms with Crippen molar-refractivity contribution in [2.75, 3.05) is 16.4 Å². The van der Waals surface area contributed by atoms with Gasteiger partial charge in [-0.2, -0.15) is 4.99 Å². The first-order valence-electron chi connectivity index (χ1n) is 8.11. The van der Waals surface area contributed by atoms with Gasteiger partial charge >= 0.3 is 5.97 Å². The lowest BCUT2D eigenvalue weighted by molar-refractivity contribution is -0.137. The lowest BCUT2D eigenvalue weighted by atomic mass is 10.2. The van der Waals surface area contributed by atoms with Crippen LogP contribution in [-0.4, -0.2) is 53.4 Å². The van der Waals surface area contributed by atoms with Gasteiger partial charge in [-0.15, -0.1) is 0 Å². The van der Waals surface area contributed by atoms with Gasteiger partial charge in [0.15, 0.2) is 15.0 Å². The van der Waals surface area contributed by atoms with E-state index in [-0.39, 0.29) is 42.1 Å². The fraction of sp³-hybridized carbons (Fsp3) is 0.438. The van der Waals surface area contributed by atoms with Crippen LogP contribution in [0.3, 0.4) is 0 Å². The minimum Gasteiger partial charge on any atom is -0.481 e. The molecule has 7 nitrogen and oxygen atoms in total. The molecule has 0 aliphatic carbocycles. The molecule has 1 aromatic rings. The van der Waals surface area contributed by atoms with Crippen LogP contribution in [0.5, 0.6) is 0 Å². The fourth-order valence-electron chi connectivity index (χ4n) is 3.08. The van der Waals surface area contributed by atoms with Crippen molar-refractivity contribution in [1.82, 2.24) is 0 Å². The van der Waals surface area contributed by atoms with Crippen LogP contribution in [0.2, 0.25) is 10.0 Å². The van der Waals surface area contributed by atoms with Gasteiger partial charge in [0.05, 0.1) is 28.3 Å². The predicted octanol–water partition coefficient (Wildman–Crippen LogP) is 2.85. The Morgan fingerprint density at radius 2 is 2.00 bits per heavy atom. The average Bonchev–Trinajstić information content (AvgIpc) is 2.98. The van der Waals surface area contributed by atoms with E-state index in [4.69, 9.17) is 28.3 Å². The van der Waals surface area contributed by atoms with Crippen molar-refractivity contribution < 1.29 is 23.1 Å². The zero-order chi connectivity index (χ0) is 19.8. The quantitative estimate of drug-likeness (QED) is 0.734. The molecule has 0 unspecified atom stereocenters. The maximum absolute atomic E-state index is 12.2. The standard InChI is InChI=1S/C16H16Cl2N2O5S2/c17-9-4-5-11(10(18)6-9)20-12-7-27(24,25)8-13(12)26-16(20)19-14(21)2-1-3-15(22)23/h4-6,12-13H,1-3,7-8H2,(H,22,23)/t12-,13+/m1/s1. The number of amidine groups is 1. The Morgan fingerprint density at radius 3 is 2.67 bits per heavy atom. The van der Waals surface area contributed by atoms with Gasteiger partial charge in [0.25, 0.3) is 0 Å². The van der Waals surface area contributed by atoms with Crippen LogP contribution < -0.4 is 4.90 Å². The highest BCUT2D eigenvalue weighted by atomic mass is 35.5. The lowest BCUT2D eigenvalue weighted by Crippen LogP contribution is -2.37. The highest BCUT2D eigenvalue weighted by Crippen LogP contribution is 2.43. The summed E-state index contributed by atoms with van der Waals surface area (Å²) in [6, 6.07) is 4.48. The molecule has 1 N–H and O–H groups in total. The number of carboxylic acids is 1. The Morgan fingerprint density at radius 1 is 1.26 bits per heavy atom. The molecule has 0 saturated carbocycles. The van der Waals surface area contributed by atoms with Crippen LogP contribution in [0.25, 0.3) is 0 Å². The summed E-state index contributed by atoms with van der Waals surface area (Å²) >= 11 is 13.5. The van der Waals surface area contributed by atoms with Crippen LogP contribution in [0, 0.1) is 0 Å². The number of fused-ring (bicyclic) bond motifs is 1. The third-order valence-corrected chi connectivity index (χ3v) is 7.99. The van der Waals surface area contributed by atoms with Gasteiger partial charge < -0.3 is 10.0 Å². The van der Waals surface area contributed by atoms with E-state index in [1.807, 2.05) is 0 Å². The molecule has 2 aliphatic heterocycles. The molecule has 11 heteroatoms. The monoisotopic (exact) mass is 450 g/mol. The number of hydrogen-bond acceptors (Lipinski definition) is 5. The summed E-state index contributed by atoms with van der Waals surface area (Å²) in [6.07, 6.45) is 0.0880. The number of hydrogen-bond donors (Lipinski definition) is 1. The Labute approximate surface area is 170 Å². The first kappa shape index (κ1) is 20.4. The van der Waals surface area contributed by atoms with E-state index in [2.05, 4.69) is 4.99 Å². The molecule has 0 spiro atoms. The summed E-state index contributed by atoms with van der Waals surface area (Å²) in [5.74, 6) is -1.46. The molecule has 146 valence electrons. The number of benzene rings is 1. The number of sulfone groups is 1. The first-order valence-corrected chi connectivity index (χ1v) is 11.6. The van der Waals surface area contributed by atoms with Crippen molar-refractivity contribution in [3.05, 3.63) is 28.2 Å². The Hall–Kier alpha value is -1.29. The second-order valence-corrected chi connectivity index (χ2v) is 10.5. The molecule has 2 atom stereocenters. The Balaban J connectivity index is 1.89. The molecule has 2 fully saturated rings. The number of halogens is 2. The van der Waals surface area contributed by atoms with Gasteiger partial charge in [0.1, 0.15) is 0 Å². The molecule has 0 bridgehead atoms. The maximum atomic E-state index is 12.2. The number of carbonyl (C=O) groups excluding carboxylic acids is 1. The number of nitrogens with zero attached hydrogens (tertiary/aromatic N) is 2. The largest absolute Gasteiger partial charge is 0.481 e. The molecule has 1 amide bonds. The number of amides is 1. The molecule has 2 saturated heterocycles. The van der Waals surface area contributed by atoms with E-state index in [1.165, 1.54) is 11.8 Å². The van der Waals surface area contributed by atoms with E-state index in [1.54, 1.807) is 23.1 Å². The number of aliphatic imine (C=N–C) groups is 1. The van der Waals surface area contributed by atoms with Gasteiger partial charge in [0.2, 0.25) is 5.91 Å². The van der Waals surface area contributed by atoms with E-state index in [9.17, 15) is 18.0 Å². The van der Waals surface area contributed by atoms with Crippen LogP contribution in [0.4, 0.5) is 5.69 Å². The molecule has 2 heterocycles. The molecule has 0 aromatic heterocycles. The molecule has 27 heavy (non-hydrogen) atoms. The van der Waals surface area contributed by atoms with Gasteiger partial charge in [-0.25, -0.2) is 8.42 Å². The SMILES string of the molecule is O=C(O)CCCC(=O)N=C1S[C@H]2CS(=O)(=O)C[C@H]2N1c1ccc(Cl)cc1Cl. The third-order valence-electron chi connectivity index (χ3n) is 4.24. The minimum atomic E-state index is -3.18. The van der Waals surface area contributed by atoms with Gasteiger partial charge in [-0.05, 0) is 24.6 Å². The topological polar surface area (TPSA) is 104 Å². The summed E-state index contributed by atoms with van der Waals surface area (Å²) in [7, 11) is -3.18. The maximum Gasteiger partial charge on any atom is 0.303 e. The number of aliphatic carboxylic acids is 1. The van der Waals surface area contributed by atoms with Crippen molar-refractivity contribution >= 4 is 67.5 Å². The van der Waals surface area contributed by atoms with Crippen LogP contribution in [0.1, 0.15) is 19.3 Å². The number of rotatable bonds is 5. The van der Waals surface area contributed by atoms with Crippen LogP contribution >= 0.6 is 35.0 Å². The van der Waals surface area contributed by atoms with Crippen LogP contribution in [-0.2, 0) is 19.4 Å². The number of anilines is 1. The van der Waals surface area contributed by atoms with E-state index in [0.29, 0.717) is 20.9 Å². The summed E-state index contributed by atoms with van der Waals surface area (Å²) in [4.78, 5) is 28.5. The average molecular weight is 451 g/mol. The molecular weight excluding hydrogens is 435 g/mol. The molecular formula is C16H16Cl2N2O5S2. The van der Waals surface area contributed by atoms with E-state index < -0.39 is 21.7 Å². The molecule has 0 radical (unpaired) electrons. The van der Waals surface area contributed by atoms with E-state index in [0.717, 1.165) is 0 Å². The van der Waals surface area contributed by atoms with Gasteiger partial charge in [-0.1, -0.05) is 35.0 Å². The fourth-order valence-corrected chi connectivity index (χ4v) is 7.50. The second-order valence-electron chi connectivity index (χ2n) is 6.30. The minimum absolute atomic E-state index is 0.00613.